The smallest absolute Gasteiger partial charge is 0.0535 e. The van der Waals surface area contributed by atoms with E-state index in [9.17, 15) is 0 Å². The fourth-order valence-corrected chi connectivity index (χ4v) is 4.19. The van der Waals surface area contributed by atoms with Gasteiger partial charge in [0.2, 0.25) is 0 Å². The number of piperazine rings is 1. The minimum absolute atomic E-state index is 0.0486. The van der Waals surface area contributed by atoms with Crippen LogP contribution in [-0.2, 0) is 5.54 Å². The molecule has 1 N–H and O–H groups in total. The lowest BCUT2D eigenvalue weighted by atomic mass is 9.75. The summed E-state index contributed by atoms with van der Waals surface area (Å²) in [4.78, 5) is 2.70. The van der Waals surface area contributed by atoms with Crippen molar-refractivity contribution < 1.29 is 0 Å². The predicted octanol–water partition coefficient (Wildman–Crippen LogP) is 3.70. The molecule has 1 spiro atoms. The molecular weight excluding hydrogens is 256 g/mol. The first-order valence-corrected chi connectivity index (χ1v) is 8.35. The minimum atomic E-state index is 0.0486. The van der Waals surface area contributed by atoms with Crippen LogP contribution in [-0.4, -0.2) is 30.1 Å². The van der Waals surface area contributed by atoms with Crippen LogP contribution in [0.5, 0.6) is 0 Å². The van der Waals surface area contributed by atoms with Crippen molar-refractivity contribution in [1.29, 1.82) is 0 Å². The Morgan fingerprint density at radius 3 is 2.57 bits per heavy atom. The Morgan fingerprint density at radius 2 is 1.90 bits per heavy atom. The van der Waals surface area contributed by atoms with E-state index in [1.807, 2.05) is 0 Å². The summed E-state index contributed by atoms with van der Waals surface area (Å²) in [6.45, 7) is 9.51. The first-order valence-electron chi connectivity index (χ1n) is 8.35. The Hall–Kier alpha value is -1.12. The summed E-state index contributed by atoms with van der Waals surface area (Å²) < 4.78 is 0. The second kappa shape index (κ2) is 5.94. The highest BCUT2D eigenvalue weighted by Gasteiger charge is 2.45. The van der Waals surface area contributed by atoms with E-state index in [0.29, 0.717) is 5.54 Å². The summed E-state index contributed by atoms with van der Waals surface area (Å²) in [5.74, 6) is 0. The van der Waals surface area contributed by atoms with E-state index in [-0.39, 0.29) is 5.54 Å². The third-order valence-electron chi connectivity index (χ3n) is 5.53. The van der Waals surface area contributed by atoms with Gasteiger partial charge in [0, 0.05) is 25.2 Å². The van der Waals surface area contributed by atoms with Crippen molar-refractivity contribution in [2.75, 3.05) is 19.6 Å². The van der Waals surface area contributed by atoms with E-state index < -0.39 is 0 Å². The molecule has 2 heteroatoms. The monoisotopic (exact) mass is 284 g/mol. The molecule has 1 atom stereocenters. The quantitative estimate of drug-likeness (QED) is 0.852. The van der Waals surface area contributed by atoms with Crippen molar-refractivity contribution in [1.82, 2.24) is 10.2 Å². The van der Waals surface area contributed by atoms with Gasteiger partial charge in [-0.25, -0.2) is 0 Å². The van der Waals surface area contributed by atoms with Crippen molar-refractivity contribution >= 4 is 0 Å². The van der Waals surface area contributed by atoms with Crippen molar-refractivity contribution in [3.05, 3.63) is 48.6 Å². The molecule has 114 valence electrons. The molecule has 1 unspecified atom stereocenters. The second-order valence-corrected chi connectivity index (χ2v) is 7.01. The molecule has 2 nitrogen and oxygen atoms in total. The summed E-state index contributed by atoms with van der Waals surface area (Å²) >= 11 is 0. The summed E-state index contributed by atoms with van der Waals surface area (Å²) in [6, 6.07) is 10.9. The zero-order valence-corrected chi connectivity index (χ0v) is 13.3. The number of hydrogen-bond acceptors (Lipinski definition) is 2. The summed E-state index contributed by atoms with van der Waals surface area (Å²) in [6.07, 6.45) is 8.89. The van der Waals surface area contributed by atoms with Gasteiger partial charge < -0.3 is 5.32 Å². The van der Waals surface area contributed by atoms with Crippen LogP contribution in [0, 0.1) is 0 Å². The van der Waals surface area contributed by atoms with Gasteiger partial charge in [0.05, 0.1) is 5.54 Å². The maximum atomic E-state index is 3.99. The summed E-state index contributed by atoms with van der Waals surface area (Å²) in [5.41, 5.74) is 1.80. The lowest BCUT2D eigenvalue weighted by Crippen LogP contribution is -2.68. The molecule has 1 heterocycles. The number of rotatable bonds is 3. The van der Waals surface area contributed by atoms with Crippen molar-refractivity contribution in [2.24, 2.45) is 0 Å². The van der Waals surface area contributed by atoms with Crippen LogP contribution in [0.4, 0.5) is 0 Å². The van der Waals surface area contributed by atoms with Gasteiger partial charge in [0.15, 0.2) is 0 Å². The molecule has 1 aromatic rings. The molecule has 0 radical (unpaired) electrons. The van der Waals surface area contributed by atoms with Crippen molar-refractivity contribution in [3.63, 3.8) is 0 Å². The molecular formula is C19H28N2. The standard InChI is InChI=1S/C19H28N2/c1-3-14-21-16-18(2,17-10-6-4-7-11-17)20-15-19(21)12-8-5-9-13-19/h3-4,6-7,10-11,20H,1,5,8-9,12-16H2,2H3. The number of nitrogens with one attached hydrogen (secondary N) is 1. The Labute approximate surface area is 129 Å². The van der Waals surface area contributed by atoms with Crippen LogP contribution in [0.25, 0.3) is 0 Å². The van der Waals surface area contributed by atoms with Crippen molar-refractivity contribution in [2.45, 2.75) is 50.1 Å². The molecule has 0 aromatic heterocycles. The molecule has 1 aliphatic carbocycles. The maximum Gasteiger partial charge on any atom is 0.0535 e. The van der Waals surface area contributed by atoms with Gasteiger partial charge in [0.25, 0.3) is 0 Å². The highest BCUT2D eigenvalue weighted by atomic mass is 15.3. The lowest BCUT2D eigenvalue weighted by molar-refractivity contribution is -0.00749. The average molecular weight is 284 g/mol. The second-order valence-electron chi connectivity index (χ2n) is 7.01. The molecule has 1 aliphatic heterocycles. The third kappa shape index (κ3) is 2.79. The molecule has 21 heavy (non-hydrogen) atoms. The van der Waals surface area contributed by atoms with E-state index in [0.717, 1.165) is 19.6 Å². The Balaban J connectivity index is 1.85. The van der Waals surface area contributed by atoms with Gasteiger partial charge in [-0.2, -0.15) is 0 Å². The van der Waals surface area contributed by atoms with E-state index in [1.54, 1.807) is 0 Å². The van der Waals surface area contributed by atoms with Gasteiger partial charge >= 0.3 is 0 Å². The Kier molecular flexibility index (Phi) is 4.19. The number of hydrogen-bond donors (Lipinski definition) is 1. The molecule has 1 saturated carbocycles. The van der Waals surface area contributed by atoms with Crippen LogP contribution in [0.2, 0.25) is 0 Å². The zero-order valence-electron chi connectivity index (χ0n) is 13.3. The largest absolute Gasteiger partial charge is 0.305 e. The first-order chi connectivity index (χ1) is 10.2. The van der Waals surface area contributed by atoms with E-state index in [2.05, 4.69) is 60.1 Å². The van der Waals surface area contributed by atoms with E-state index in [1.165, 1.54) is 37.7 Å². The predicted molar refractivity (Wildman–Crippen MR) is 89.4 cm³/mol. The van der Waals surface area contributed by atoms with Crippen LogP contribution in [0.3, 0.4) is 0 Å². The third-order valence-corrected chi connectivity index (χ3v) is 5.53. The average Bonchev–Trinajstić information content (AvgIpc) is 2.54. The molecule has 1 aromatic carbocycles. The number of benzene rings is 1. The summed E-state index contributed by atoms with van der Waals surface area (Å²) in [5, 5.41) is 3.88. The van der Waals surface area contributed by atoms with Gasteiger partial charge in [0.1, 0.15) is 0 Å². The van der Waals surface area contributed by atoms with Gasteiger partial charge in [-0.3, -0.25) is 4.90 Å². The van der Waals surface area contributed by atoms with E-state index in [4.69, 9.17) is 0 Å². The van der Waals surface area contributed by atoms with Crippen LogP contribution >= 0.6 is 0 Å². The number of nitrogens with zero attached hydrogens (tertiary/aromatic N) is 1. The first kappa shape index (κ1) is 14.8. The maximum absolute atomic E-state index is 3.99. The normalized spacial score (nSPS) is 29.4. The topological polar surface area (TPSA) is 15.3 Å². The summed E-state index contributed by atoms with van der Waals surface area (Å²) in [7, 11) is 0. The fraction of sp³-hybridized carbons (Fsp3) is 0.579. The lowest BCUT2D eigenvalue weighted by Gasteiger charge is -2.55. The van der Waals surface area contributed by atoms with Crippen LogP contribution in [0.1, 0.15) is 44.6 Å². The highest BCUT2D eigenvalue weighted by Crippen LogP contribution is 2.39. The fourth-order valence-electron chi connectivity index (χ4n) is 4.19. The van der Waals surface area contributed by atoms with Gasteiger partial charge in [-0.1, -0.05) is 55.7 Å². The van der Waals surface area contributed by atoms with Gasteiger partial charge in [-0.05, 0) is 25.3 Å². The minimum Gasteiger partial charge on any atom is -0.305 e. The van der Waals surface area contributed by atoms with Gasteiger partial charge in [-0.15, -0.1) is 6.58 Å². The SMILES string of the molecule is C=CCN1CC(C)(c2ccccc2)NCC12CCCCC2. The van der Waals surface area contributed by atoms with Crippen LogP contribution in [0.15, 0.2) is 43.0 Å². The Morgan fingerprint density at radius 1 is 1.19 bits per heavy atom. The molecule has 2 aliphatic rings. The molecule has 0 bridgehead atoms. The zero-order chi connectivity index (χ0) is 14.8. The Bertz CT molecular complexity index is 476. The van der Waals surface area contributed by atoms with Crippen molar-refractivity contribution in [3.8, 4) is 0 Å². The molecule has 1 saturated heterocycles. The van der Waals surface area contributed by atoms with E-state index >= 15 is 0 Å². The molecule has 0 amide bonds. The van der Waals surface area contributed by atoms with Crippen LogP contribution < -0.4 is 5.32 Å². The highest BCUT2D eigenvalue weighted by molar-refractivity contribution is 5.26. The molecule has 2 fully saturated rings. The molecule has 3 rings (SSSR count).